The highest BCUT2D eigenvalue weighted by atomic mass is 14.9. The molecule has 0 aliphatic rings. The van der Waals surface area contributed by atoms with E-state index in [1.165, 1.54) is 26.9 Å². The third-order valence-electron chi connectivity index (χ3n) is 10.0. The Kier molecular flexibility index (Phi) is 7.10. The van der Waals surface area contributed by atoms with Crippen LogP contribution in [0.5, 0.6) is 0 Å². The Labute approximate surface area is 300 Å². The molecule has 0 fully saturated rings. The third-order valence-corrected chi connectivity index (χ3v) is 10.0. The fraction of sp³-hybridized carbons (Fsp3) is 0. The van der Waals surface area contributed by atoms with E-state index in [-0.39, 0.29) is 0 Å². The Morgan fingerprint density at radius 1 is 0.308 bits per heavy atom. The van der Waals surface area contributed by atoms with Crippen LogP contribution in [0.15, 0.2) is 183 Å². The fourth-order valence-electron chi connectivity index (χ4n) is 7.32. The van der Waals surface area contributed by atoms with Gasteiger partial charge in [-0.2, -0.15) is 0 Å². The van der Waals surface area contributed by atoms with Crippen molar-refractivity contribution in [3.8, 4) is 56.2 Å². The Morgan fingerprint density at radius 3 is 1.33 bits per heavy atom. The summed E-state index contributed by atoms with van der Waals surface area (Å²) in [5, 5.41) is 9.42. The highest BCUT2D eigenvalue weighted by molar-refractivity contribution is 6.00. The second kappa shape index (κ2) is 12.4. The molecule has 52 heavy (non-hydrogen) atoms. The zero-order valence-corrected chi connectivity index (χ0v) is 28.1. The van der Waals surface area contributed by atoms with Crippen LogP contribution in [0, 0.1) is 0 Å². The molecule has 4 nitrogen and oxygen atoms in total. The Bertz CT molecular complexity index is 2800. The number of fused-ring (bicyclic) bond motifs is 4. The summed E-state index contributed by atoms with van der Waals surface area (Å²) in [5.74, 6) is 0.691. The summed E-state index contributed by atoms with van der Waals surface area (Å²) in [6, 6.07) is 55.8. The van der Waals surface area contributed by atoms with Crippen molar-refractivity contribution >= 4 is 43.1 Å². The van der Waals surface area contributed by atoms with Crippen molar-refractivity contribution in [2.75, 3.05) is 0 Å². The molecule has 0 aliphatic heterocycles. The maximum atomic E-state index is 5.19. The van der Waals surface area contributed by atoms with Crippen LogP contribution in [0.1, 0.15) is 0 Å². The molecule has 0 unspecified atom stereocenters. The normalized spacial score (nSPS) is 11.5. The summed E-state index contributed by atoms with van der Waals surface area (Å²) >= 11 is 0. The minimum atomic E-state index is 0.691. The largest absolute Gasteiger partial charge is 0.264 e. The molecule has 0 N–H and O–H groups in total. The number of hydrogen-bond donors (Lipinski definition) is 0. The van der Waals surface area contributed by atoms with Crippen LogP contribution in [0.2, 0.25) is 0 Å². The first-order valence-electron chi connectivity index (χ1n) is 17.4. The molecule has 0 spiro atoms. The van der Waals surface area contributed by atoms with Crippen LogP contribution in [-0.2, 0) is 0 Å². The van der Waals surface area contributed by atoms with Crippen molar-refractivity contribution in [3.63, 3.8) is 0 Å². The summed E-state index contributed by atoms with van der Waals surface area (Å²) in [6.45, 7) is 0. The van der Waals surface area contributed by atoms with Crippen molar-refractivity contribution < 1.29 is 0 Å². The highest BCUT2D eigenvalue weighted by Crippen LogP contribution is 2.35. The maximum absolute atomic E-state index is 5.19. The van der Waals surface area contributed by atoms with Gasteiger partial charge >= 0.3 is 0 Å². The van der Waals surface area contributed by atoms with E-state index in [2.05, 4.69) is 168 Å². The number of hydrogen-bond acceptors (Lipinski definition) is 4. The SMILES string of the molecule is c1ccc2cc3cc(-c4nc(-c5ccc(-c6cccc7ccncc67)cc5)cc(-c5ccc(-c6cccc7ccncc67)cc5)n4)ccc3cc2c1. The van der Waals surface area contributed by atoms with Gasteiger partial charge in [-0.05, 0) is 91.0 Å². The molecule has 3 heterocycles. The first-order chi connectivity index (χ1) is 25.7. The van der Waals surface area contributed by atoms with Crippen LogP contribution in [0.4, 0.5) is 0 Å². The summed E-state index contributed by atoms with van der Waals surface area (Å²) in [4.78, 5) is 19.2. The average Bonchev–Trinajstić information content (AvgIpc) is 3.22. The first kappa shape index (κ1) is 29.8. The standard InChI is InChI=1S/C48H30N4/c1-2-6-38-26-41-27-40(20-19-39(41)25-37(38)5-1)48-51-46(35-15-11-33(12-16-35)42-9-3-7-31-21-23-49-29-44(31)42)28-47(52-48)36-17-13-34(14-18-36)43-10-4-8-32-22-24-50-30-45(32)43/h1-30H. The molecule has 0 amide bonds. The van der Waals surface area contributed by atoms with E-state index in [4.69, 9.17) is 9.97 Å². The molecule has 242 valence electrons. The quantitative estimate of drug-likeness (QED) is 0.172. The lowest BCUT2D eigenvalue weighted by molar-refractivity contribution is 1.18. The minimum absolute atomic E-state index is 0.691. The van der Waals surface area contributed by atoms with Gasteiger partial charge in [0.15, 0.2) is 5.82 Å². The van der Waals surface area contributed by atoms with E-state index in [1.807, 2.05) is 24.8 Å². The van der Waals surface area contributed by atoms with Gasteiger partial charge in [-0.3, -0.25) is 9.97 Å². The van der Waals surface area contributed by atoms with Gasteiger partial charge < -0.3 is 0 Å². The van der Waals surface area contributed by atoms with E-state index >= 15 is 0 Å². The molecule has 10 rings (SSSR count). The molecule has 0 radical (unpaired) electrons. The van der Waals surface area contributed by atoms with Gasteiger partial charge in [0.1, 0.15) is 0 Å². The number of nitrogens with zero attached hydrogens (tertiary/aromatic N) is 4. The van der Waals surface area contributed by atoms with Crippen LogP contribution in [0.25, 0.3) is 99.2 Å². The summed E-state index contributed by atoms with van der Waals surface area (Å²) < 4.78 is 0. The smallest absolute Gasteiger partial charge is 0.160 e. The van der Waals surface area contributed by atoms with Crippen molar-refractivity contribution in [1.82, 2.24) is 19.9 Å². The number of pyridine rings is 2. The molecular weight excluding hydrogens is 633 g/mol. The lowest BCUT2D eigenvalue weighted by atomic mass is 9.97. The van der Waals surface area contributed by atoms with Crippen molar-refractivity contribution in [1.29, 1.82) is 0 Å². The predicted molar refractivity (Wildman–Crippen MR) is 215 cm³/mol. The molecule has 3 aromatic heterocycles. The monoisotopic (exact) mass is 662 g/mol. The lowest BCUT2D eigenvalue weighted by Gasteiger charge is -2.12. The van der Waals surface area contributed by atoms with Crippen LogP contribution in [-0.4, -0.2) is 19.9 Å². The van der Waals surface area contributed by atoms with Gasteiger partial charge in [-0.25, -0.2) is 9.97 Å². The zero-order valence-electron chi connectivity index (χ0n) is 28.1. The topological polar surface area (TPSA) is 51.6 Å². The van der Waals surface area contributed by atoms with Crippen molar-refractivity contribution in [2.45, 2.75) is 0 Å². The Hall–Kier alpha value is -7.04. The van der Waals surface area contributed by atoms with E-state index < -0.39 is 0 Å². The fourth-order valence-corrected chi connectivity index (χ4v) is 7.32. The molecule has 0 bridgehead atoms. The second-order valence-corrected chi connectivity index (χ2v) is 13.2. The maximum Gasteiger partial charge on any atom is 0.160 e. The van der Waals surface area contributed by atoms with Gasteiger partial charge in [-0.1, -0.05) is 121 Å². The second-order valence-electron chi connectivity index (χ2n) is 13.2. The Morgan fingerprint density at radius 2 is 0.769 bits per heavy atom. The molecule has 0 saturated carbocycles. The van der Waals surface area contributed by atoms with E-state index in [1.54, 1.807) is 0 Å². The zero-order chi connectivity index (χ0) is 34.4. The number of aromatic nitrogens is 4. The average molecular weight is 663 g/mol. The molecule has 4 heteroatoms. The molecule has 10 aromatic rings. The molecule has 0 atom stereocenters. The molecule has 0 aliphatic carbocycles. The molecule has 7 aromatic carbocycles. The third kappa shape index (κ3) is 5.34. The van der Waals surface area contributed by atoms with Gasteiger partial charge in [0, 0.05) is 52.3 Å². The van der Waals surface area contributed by atoms with Crippen LogP contribution < -0.4 is 0 Å². The van der Waals surface area contributed by atoms with E-state index in [0.29, 0.717) is 5.82 Å². The van der Waals surface area contributed by atoms with Crippen LogP contribution in [0.3, 0.4) is 0 Å². The minimum Gasteiger partial charge on any atom is -0.264 e. The van der Waals surface area contributed by atoms with Gasteiger partial charge in [0.25, 0.3) is 0 Å². The van der Waals surface area contributed by atoms with E-state index in [9.17, 15) is 0 Å². The molecular formula is C48H30N4. The van der Waals surface area contributed by atoms with E-state index in [0.717, 1.165) is 66.5 Å². The first-order valence-corrected chi connectivity index (χ1v) is 17.4. The highest BCUT2D eigenvalue weighted by Gasteiger charge is 2.14. The predicted octanol–water partition coefficient (Wildman–Crippen LogP) is 12.2. The molecule has 0 saturated heterocycles. The van der Waals surface area contributed by atoms with Crippen LogP contribution >= 0.6 is 0 Å². The van der Waals surface area contributed by atoms with Crippen molar-refractivity contribution in [2.24, 2.45) is 0 Å². The summed E-state index contributed by atoms with van der Waals surface area (Å²) in [5.41, 5.74) is 9.36. The number of benzene rings is 7. The number of rotatable bonds is 5. The Balaban J connectivity index is 1.09. The summed E-state index contributed by atoms with van der Waals surface area (Å²) in [7, 11) is 0. The van der Waals surface area contributed by atoms with Crippen molar-refractivity contribution in [3.05, 3.63) is 183 Å². The van der Waals surface area contributed by atoms with Gasteiger partial charge in [0.05, 0.1) is 11.4 Å². The van der Waals surface area contributed by atoms with Gasteiger partial charge in [0.2, 0.25) is 0 Å². The summed E-state index contributed by atoms with van der Waals surface area (Å²) in [6.07, 6.45) is 7.56. The van der Waals surface area contributed by atoms with Gasteiger partial charge in [-0.15, -0.1) is 0 Å². The lowest BCUT2D eigenvalue weighted by Crippen LogP contribution is -1.96.